The van der Waals surface area contributed by atoms with Crippen LogP contribution in [-0.4, -0.2) is 22.8 Å². The van der Waals surface area contributed by atoms with Crippen LogP contribution in [0, 0.1) is 10.1 Å². The van der Waals surface area contributed by atoms with Crippen molar-refractivity contribution in [3.63, 3.8) is 0 Å². The molecule has 5 rings (SSSR count). The van der Waals surface area contributed by atoms with E-state index in [2.05, 4.69) is 0 Å². The molecule has 1 aliphatic heterocycles. The van der Waals surface area contributed by atoms with E-state index in [1.807, 2.05) is 0 Å². The van der Waals surface area contributed by atoms with Crippen LogP contribution in [0.25, 0.3) is 6.08 Å². The lowest BCUT2D eigenvalue weighted by Gasteiger charge is -2.33. The highest BCUT2D eigenvalue weighted by molar-refractivity contribution is 6.46. The Labute approximate surface area is 223 Å². The molecular formula is C30H21N3O6. The molecule has 1 fully saturated rings. The highest BCUT2D eigenvalue weighted by Gasteiger charge is 2.43. The van der Waals surface area contributed by atoms with Crippen molar-refractivity contribution in [3.8, 4) is 5.75 Å². The average Bonchev–Trinajstić information content (AvgIpc) is 2.96. The predicted molar refractivity (Wildman–Crippen MR) is 145 cm³/mol. The first kappa shape index (κ1) is 25.1. The molecule has 0 radical (unpaired) electrons. The third kappa shape index (κ3) is 5.28. The number of anilines is 2. The van der Waals surface area contributed by atoms with E-state index in [0.717, 1.165) is 9.80 Å². The van der Waals surface area contributed by atoms with E-state index >= 15 is 0 Å². The quantitative estimate of drug-likeness (QED) is 0.133. The first-order valence-electron chi connectivity index (χ1n) is 11.9. The van der Waals surface area contributed by atoms with Crippen molar-refractivity contribution in [3.05, 3.63) is 136 Å². The molecule has 0 atom stereocenters. The number of para-hydroxylation sites is 2. The number of amides is 4. The van der Waals surface area contributed by atoms with Gasteiger partial charge < -0.3 is 4.74 Å². The number of carbonyl (C=O) groups excluding carboxylic acids is 3. The van der Waals surface area contributed by atoms with Crippen molar-refractivity contribution in [2.75, 3.05) is 9.80 Å². The van der Waals surface area contributed by atoms with Crippen molar-refractivity contribution in [2.24, 2.45) is 0 Å². The molecule has 1 aliphatic rings. The molecule has 4 aromatic rings. The monoisotopic (exact) mass is 519 g/mol. The van der Waals surface area contributed by atoms with E-state index in [9.17, 15) is 24.5 Å². The van der Waals surface area contributed by atoms with E-state index in [0.29, 0.717) is 28.3 Å². The lowest BCUT2D eigenvalue weighted by molar-refractivity contribution is -0.384. The van der Waals surface area contributed by atoms with Gasteiger partial charge in [-0.2, -0.15) is 0 Å². The number of rotatable bonds is 7. The molecule has 0 aliphatic carbocycles. The number of hydrogen-bond acceptors (Lipinski definition) is 6. The zero-order chi connectivity index (χ0) is 27.4. The van der Waals surface area contributed by atoms with Gasteiger partial charge in [-0.15, -0.1) is 0 Å². The number of barbiturate groups is 1. The van der Waals surface area contributed by atoms with Crippen LogP contribution in [0.5, 0.6) is 5.75 Å². The summed E-state index contributed by atoms with van der Waals surface area (Å²) in [5.41, 5.74) is 1.68. The van der Waals surface area contributed by atoms with Crippen LogP contribution in [-0.2, 0) is 16.2 Å². The molecule has 192 valence electrons. The molecule has 1 heterocycles. The minimum atomic E-state index is -0.760. The van der Waals surface area contributed by atoms with E-state index in [4.69, 9.17) is 4.74 Å². The molecule has 4 amide bonds. The van der Waals surface area contributed by atoms with Gasteiger partial charge in [0.2, 0.25) is 0 Å². The molecule has 0 bridgehead atoms. The molecule has 1 saturated heterocycles. The molecule has 0 N–H and O–H groups in total. The number of nitro benzene ring substituents is 1. The molecule has 39 heavy (non-hydrogen) atoms. The molecule has 0 aromatic heterocycles. The molecule has 0 spiro atoms. The van der Waals surface area contributed by atoms with Gasteiger partial charge in [-0.25, -0.2) is 14.6 Å². The van der Waals surface area contributed by atoms with Crippen LogP contribution in [0.2, 0.25) is 0 Å². The number of carbonyl (C=O) groups is 3. The van der Waals surface area contributed by atoms with Crippen molar-refractivity contribution in [1.82, 2.24) is 0 Å². The van der Waals surface area contributed by atoms with Gasteiger partial charge in [0, 0.05) is 12.1 Å². The third-order valence-electron chi connectivity index (χ3n) is 6.00. The van der Waals surface area contributed by atoms with Crippen molar-refractivity contribution in [1.29, 1.82) is 0 Å². The maximum Gasteiger partial charge on any atom is 0.343 e. The number of ether oxygens (including phenoxy) is 1. The van der Waals surface area contributed by atoms with Crippen molar-refractivity contribution >= 4 is 41.0 Å². The summed E-state index contributed by atoms with van der Waals surface area (Å²) in [6.07, 6.45) is 1.44. The summed E-state index contributed by atoms with van der Waals surface area (Å²) in [5, 5.41) is 11.0. The Kier molecular flexibility index (Phi) is 6.96. The Bertz CT molecular complexity index is 1520. The zero-order valence-electron chi connectivity index (χ0n) is 20.5. The fraction of sp³-hybridized carbons (Fsp3) is 0.0333. The summed E-state index contributed by atoms with van der Waals surface area (Å²) in [6, 6.07) is 28.9. The van der Waals surface area contributed by atoms with Gasteiger partial charge >= 0.3 is 6.03 Å². The molecule has 9 heteroatoms. The summed E-state index contributed by atoms with van der Waals surface area (Å²) >= 11 is 0. The number of urea groups is 1. The minimum Gasteiger partial charge on any atom is -0.489 e. The Balaban J connectivity index is 1.42. The van der Waals surface area contributed by atoms with E-state index in [1.165, 1.54) is 18.2 Å². The number of imide groups is 2. The van der Waals surface area contributed by atoms with Gasteiger partial charge in [0.1, 0.15) is 17.9 Å². The fourth-order valence-corrected chi connectivity index (χ4v) is 4.09. The lowest BCUT2D eigenvalue weighted by atomic mass is 10.0. The zero-order valence-corrected chi connectivity index (χ0v) is 20.5. The second-order valence-electron chi connectivity index (χ2n) is 8.58. The lowest BCUT2D eigenvalue weighted by Crippen LogP contribution is -2.57. The van der Waals surface area contributed by atoms with Gasteiger partial charge in [-0.05, 0) is 53.6 Å². The minimum absolute atomic E-state index is 0.0209. The van der Waals surface area contributed by atoms with Gasteiger partial charge in [0.05, 0.1) is 16.3 Å². The molecule has 4 aromatic carbocycles. The third-order valence-corrected chi connectivity index (χ3v) is 6.00. The van der Waals surface area contributed by atoms with Crippen LogP contribution in [0.1, 0.15) is 11.1 Å². The normalized spacial score (nSPS) is 13.4. The SMILES string of the molecule is O=C1C(=Cc2ccc(OCc3cccc([N+](=O)[O-])c3)cc2)C(=O)N(c2ccccc2)C(=O)N1c1ccccc1. The summed E-state index contributed by atoms with van der Waals surface area (Å²) in [6.45, 7) is 0.124. The van der Waals surface area contributed by atoms with E-state index in [1.54, 1.807) is 97.1 Å². The summed E-state index contributed by atoms with van der Waals surface area (Å²) < 4.78 is 5.74. The number of non-ortho nitro benzene ring substituents is 1. The highest BCUT2D eigenvalue weighted by atomic mass is 16.6. The van der Waals surface area contributed by atoms with Crippen LogP contribution >= 0.6 is 0 Å². The van der Waals surface area contributed by atoms with E-state index in [-0.39, 0.29) is 17.9 Å². The summed E-state index contributed by atoms with van der Waals surface area (Å²) in [7, 11) is 0. The van der Waals surface area contributed by atoms with E-state index < -0.39 is 22.8 Å². The van der Waals surface area contributed by atoms with Crippen LogP contribution < -0.4 is 14.5 Å². The Morgan fingerprint density at radius 1 is 0.718 bits per heavy atom. The predicted octanol–water partition coefficient (Wildman–Crippen LogP) is 5.76. The van der Waals surface area contributed by atoms with Gasteiger partial charge in [-0.1, -0.05) is 60.7 Å². The fourth-order valence-electron chi connectivity index (χ4n) is 4.09. The standard InChI is InChI=1S/C30H21N3O6/c34-28-27(19-21-14-16-26(17-15-21)39-20-22-8-7-13-25(18-22)33(37)38)29(35)32(24-11-5-2-6-12-24)30(36)31(28)23-9-3-1-4-10-23/h1-19H,20H2. The number of nitro groups is 1. The summed E-state index contributed by atoms with van der Waals surface area (Å²) in [4.78, 5) is 52.7. The largest absolute Gasteiger partial charge is 0.489 e. The van der Waals surface area contributed by atoms with Gasteiger partial charge in [-0.3, -0.25) is 19.7 Å². The van der Waals surface area contributed by atoms with Crippen LogP contribution in [0.15, 0.2) is 115 Å². The second kappa shape index (κ2) is 10.8. The number of benzene rings is 4. The number of nitrogens with zero attached hydrogens (tertiary/aromatic N) is 3. The topological polar surface area (TPSA) is 110 Å². The molecular weight excluding hydrogens is 498 g/mol. The van der Waals surface area contributed by atoms with Crippen LogP contribution in [0.3, 0.4) is 0 Å². The first-order valence-corrected chi connectivity index (χ1v) is 11.9. The maximum atomic E-state index is 13.4. The van der Waals surface area contributed by atoms with Gasteiger partial charge in [0.15, 0.2) is 0 Å². The molecule has 9 nitrogen and oxygen atoms in total. The smallest absolute Gasteiger partial charge is 0.343 e. The van der Waals surface area contributed by atoms with Crippen molar-refractivity contribution in [2.45, 2.75) is 6.61 Å². The Morgan fingerprint density at radius 3 is 1.82 bits per heavy atom. The molecule has 0 unspecified atom stereocenters. The first-order chi connectivity index (χ1) is 18.9. The van der Waals surface area contributed by atoms with Gasteiger partial charge in [0.25, 0.3) is 17.5 Å². The Hall–Kier alpha value is -5.57. The molecule has 0 saturated carbocycles. The Morgan fingerprint density at radius 2 is 1.28 bits per heavy atom. The average molecular weight is 520 g/mol. The van der Waals surface area contributed by atoms with Crippen LogP contribution in [0.4, 0.5) is 21.9 Å². The van der Waals surface area contributed by atoms with Crippen molar-refractivity contribution < 1.29 is 24.0 Å². The summed E-state index contributed by atoms with van der Waals surface area (Å²) in [5.74, 6) is -0.958. The second-order valence-corrected chi connectivity index (χ2v) is 8.58. The highest BCUT2D eigenvalue weighted by Crippen LogP contribution is 2.29. The number of hydrogen-bond donors (Lipinski definition) is 0. The maximum absolute atomic E-state index is 13.4.